The van der Waals surface area contributed by atoms with Crippen molar-refractivity contribution in [1.29, 1.82) is 0 Å². The lowest BCUT2D eigenvalue weighted by Crippen LogP contribution is -2.17. The first-order chi connectivity index (χ1) is 15.9. The number of hydrogen-bond acceptors (Lipinski definition) is 4. The summed E-state index contributed by atoms with van der Waals surface area (Å²) in [6.45, 7) is 3.03. The highest BCUT2D eigenvalue weighted by atomic mass is 79.9. The highest BCUT2D eigenvalue weighted by Gasteiger charge is 2.30. The molecule has 0 saturated heterocycles. The molecule has 2 aromatic carbocycles. The number of aromatic nitrogens is 1. The predicted molar refractivity (Wildman–Crippen MR) is 125 cm³/mol. The molecule has 34 heavy (non-hydrogen) atoms. The van der Waals surface area contributed by atoms with Crippen molar-refractivity contribution in [3.05, 3.63) is 81.5 Å². The second-order valence-electron chi connectivity index (χ2n) is 7.25. The molecule has 0 aliphatic rings. The molecule has 0 atom stereocenters. The fourth-order valence-electron chi connectivity index (χ4n) is 2.95. The monoisotopic (exact) mass is 534 g/mol. The Morgan fingerprint density at radius 2 is 1.62 bits per heavy atom. The quantitative estimate of drug-likeness (QED) is 0.394. The molecule has 0 aliphatic heterocycles. The van der Waals surface area contributed by atoms with E-state index >= 15 is 0 Å². The van der Waals surface area contributed by atoms with Crippen LogP contribution in [0.2, 0.25) is 0 Å². The van der Waals surface area contributed by atoms with Crippen LogP contribution in [0.3, 0.4) is 0 Å². The number of halogens is 4. The van der Waals surface area contributed by atoms with E-state index in [9.17, 15) is 27.6 Å². The van der Waals surface area contributed by atoms with Crippen LogP contribution in [0.15, 0.2) is 59.2 Å². The molecular formula is C23H18BrF3N4O3. The van der Waals surface area contributed by atoms with Gasteiger partial charge in [-0.3, -0.25) is 14.4 Å². The third kappa shape index (κ3) is 6.19. The first-order valence-electron chi connectivity index (χ1n) is 9.78. The van der Waals surface area contributed by atoms with Crippen molar-refractivity contribution >= 4 is 50.8 Å². The Hall–Kier alpha value is -3.73. The van der Waals surface area contributed by atoms with Crippen LogP contribution in [0.4, 0.5) is 30.4 Å². The lowest BCUT2D eigenvalue weighted by Gasteiger charge is -2.12. The Balaban J connectivity index is 1.77. The number of benzene rings is 2. The number of carbonyl (C=O) groups is 3. The zero-order valence-electron chi connectivity index (χ0n) is 17.9. The summed E-state index contributed by atoms with van der Waals surface area (Å²) in [5.41, 5.74) is 0.326. The van der Waals surface area contributed by atoms with E-state index in [1.54, 1.807) is 19.1 Å². The van der Waals surface area contributed by atoms with Gasteiger partial charge in [-0.1, -0.05) is 12.1 Å². The molecule has 0 bridgehead atoms. The average Bonchev–Trinajstić information content (AvgIpc) is 2.76. The number of nitrogens with one attached hydrogen (secondary N) is 3. The molecule has 176 valence electrons. The number of anilines is 3. The maximum Gasteiger partial charge on any atom is 0.416 e. The van der Waals surface area contributed by atoms with Crippen LogP contribution in [-0.2, 0) is 11.0 Å². The summed E-state index contributed by atoms with van der Waals surface area (Å²) in [6.07, 6.45) is -3.21. The topological polar surface area (TPSA) is 100 Å². The van der Waals surface area contributed by atoms with Crippen molar-refractivity contribution in [2.75, 3.05) is 16.0 Å². The van der Waals surface area contributed by atoms with Crippen molar-refractivity contribution in [3.8, 4) is 0 Å². The van der Waals surface area contributed by atoms with Crippen LogP contribution >= 0.6 is 15.9 Å². The van der Waals surface area contributed by atoms with E-state index < -0.39 is 23.6 Å². The van der Waals surface area contributed by atoms with E-state index in [2.05, 4.69) is 36.9 Å². The molecule has 11 heteroatoms. The van der Waals surface area contributed by atoms with Gasteiger partial charge in [0, 0.05) is 23.7 Å². The summed E-state index contributed by atoms with van der Waals surface area (Å²) in [5.74, 6) is -1.25. The second-order valence-corrected chi connectivity index (χ2v) is 8.11. The third-order valence-electron chi connectivity index (χ3n) is 4.59. The van der Waals surface area contributed by atoms with Gasteiger partial charge in [-0.25, -0.2) is 4.98 Å². The lowest BCUT2D eigenvalue weighted by atomic mass is 10.1. The van der Waals surface area contributed by atoms with Gasteiger partial charge in [0.05, 0.1) is 21.9 Å². The Bertz CT molecular complexity index is 1280. The molecule has 1 heterocycles. The number of amides is 3. The van der Waals surface area contributed by atoms with E-state index in [4.69, 9.17) is 0 Å². The van der Waals surface area contributed by atoms with Crippen LogP contribution in [0.1, 0.15) is 38.8 Å². The zero-order valence-corrected chi connectivity index (χ0v) is 19.5. The molecule has 0 radical (unpaired) electrons. The second kappa shape index (κ2) is 10.0. The normalized spacial score (nSPS) is 11.0. The van der Waals surface area contributed by atoms with Crippen LogP contribution < -0.4 is 16.0 Å². The molecule has 3 amide bonds. The standard InChI is InChI=1S/C23H18BrF3N4O3/c1-12-6-7-16(30-21(33)14-4-3-5-15(8-14)23(25,26)27)9-18(12)22(34)31-17-10-19(24)20(28-11-17)29-13(2)32/h3-11H,1-2H3,(H,30,33)(H,31,34)(H,28,29,32). The van der Waals surface area contributed by atoms with Gasteiger partial charge in [-0.15, -0.1) is 0 Å². The molecule has 0 saturated carbocycles. The third-order valence-corrected chi connectivity index (χ3v) is 5.19. The molecule has 1 aromatic heterocycles. The first kappa shape index (κ1) is 24.9. The maximum atomic E-state index is 12.9. The molecule has 0 spiro atoms. The maximum absolute atomic E-state index is 12.9. The SMILES string of the molecule is CC(=O)Nc1ncc(NC(=O)c2cc(NC(=O)c3cccc(C(F)(F)F)c3)ccc2C)cc1Br. The summed E-state index contributed by atoms with van der Waals surface area (Å²) < 4.78 is 39.2. The van der Waals surface area contributed by atoms with E-state index in [0.717, 1.165) is 18.2 Å². The molecule has 3 N–H and O–H groups in total. The van der Waals surface area contributed by atoms with Crippen LogP contribution in [0, 0.1) is 6.92 Å². The van der Waals surface area contributed by atoms with Crippen molar-refractivity contribution in [2.45, 2.75) is 20.0 Å². The van der Waals surface area contributed by atoms with Gasteiger partial charge < -0.3 is 16.0 Å². The predicted octanol–water partition coefficient (Wildman–Crippen LogP) is 5.63. The van der Waals surface area contributed by atoms with Gasteiger partial charge in [-0.2, -0.15) is 13.2 Å². The minimum atomic E-state index is -4.57. The van der Waals surface area contributed by atoms with E-state index in [-0.39, 0.29) is 22.7 Å². The Kier molecular flexibility index (Phi) is 7.35. The van der Waals surface area contributed by atoms with Crippen molar-refractivity contribution in [1.82, 2.24) is 4.98 Å². The zero-order chi connectivity index (χ0) is 25.0. The number of rotatable bonds is 5. The minimum Gasteiger partial charge on any atom is -0.322 e. The van der Waals surface area contributed by atoms with Crippen molar-refractivity contribution in [2.24, 2.45) is 0 Å². The molecule has 3 aromatic rings. The fraction of sp³-hybridized carbons (Fsp3) is 0.130. The summed E-state index contributed by atoms with van der Waals surface area (Å²) in [6, 6.07) is 10.2. The van der Waals surface area contributed by atoms with E-state index in [0.29, 0.717) is 21.5 Å². The average molecular weight is 535 g/mol. The van der Waals surface area contributed by atoms with Gasteiger partial charge in [0.1, 0.15) is 5.82 Å². The van der Waals surface area contributed by atoms with E-state index in [1.165, 1.54) is 31.3 Å². The van der Waals surface area contributed by atoms with Gasteiger partial charge in [0.15, 0.2) is 0 Å². The number of aryl methyl sites for hydroxylation is 1. The summed E-state index contributed by atoms with van der Waals surface area (Å²) in [4.78, 5) is 40.5. The van der Waals surface area contributed by atoms with Crippen LogP contribution in [0.5, 0.6) is 0 Å². The highest BCUT2D eigenvalue weighted by molar-refractivity contribution is 9.10. The number of nitrogens with zero attached hydrogens (tertiary/aromatic N) is 1. The molecule has 0 unspecified atom stereocenters. The Labute approximate surface area is 200 Å². The summed E-state index contributed by atoms with van der Waals surface area (Å²) in [7, 11) is 0. The molecule has 0 aliphatic carbocycles. The Morgan fingerprint density at radius 3 is 2.26 bits per heavy atom. The number of alkyl halides is 3. The smallest absolute Gasteiger partial charge is 0.322 e. The number of carbonyl (C=O) groups excluding carboxylic acids is 3. The molecule has 7 nitrogen and oxygen atoms in total. The fourth-order valence-corrected chi connectivity index (χ4v) is 3.40. The Morgan fingerprint density at radius 1 is 0.912 bits per heavy atom. The number of pyridine rings is 1. The van der Waals surface area contributed by atoms with Crippen LogP contribution in [0.25, 0.3) is 0 Å². The highest BCUT2D eigenvalue weighted by Crippen LogP contribution is 2.30. The first-order valence-corrected chi connectivity index (χ1v) is 10.6. The largest absolute Gasteiger partial charge is 0.416 e. The minimum absolute atomic E-state index is 0.170. The van der Waals surface area contributed by atoms with Gasteiger partial charge >= 0.3 is 6.18 Å². The van der Waals surface area contributed by atoms with Gasteiger partial charge in [0.2, 0.25) is 5.91 Å². The van der Waals surface area contributed by atoms with Gasteiger partial charge in [-0.05, 0) is 64.8 Å². The van der Waals surface area contributed by atoms with Crippen molar-refractivity contribution in [3.63, 3.8) is 0 Å². The summed E-state index contributed by atoms with van der Waals surface area (Å²) >= 11 is 3.27. The number of hydrogen-bond donors (Lipinski definition) is 3. The summed E-state index contributed by atoms with van der Waals surface area (Å²) in [5, 5.41) is 7.72. The van der Waals surface area contributed by atoms with Crippen molar-refractivity contribution < 1.29 is 27.6 Å². The molecule has 3 rings (SSSR count). The molecular weight excluding hydrogens is 517 g/mol. The van der Waals surface area contributed by atoms with Crippen LogP contribution in [-0.4, -0.2) is 22.7 Å². The van der Waals surface area contributed by atoms with Gasteiger partial charge in [0.25, 0.3) is 11.8 Å². The van der Waals surface area contributed by atoms with E-state index in [1.807, 2.05) is 0 Å². The lowest BCUT2D eigenvalue weighted by molar-refractivity contribution is -0.137. The molecule has 0 fully saturated rings.